The van der Waals surface area contributed by atoms with Crippen LogP contribution in [0.2, 0.25) is 0 Å². The van der Waals surface area contributed by atoms with Crippen molar-refractivity contribution >= 4 is 0 Å². The average molecular weight is 274 g/mol. The highest BCUT2D eigenvalue weighted by atomic mass is 16.3. The minimum absolute atomic E-state index is 0.157. The molecule has 1 nitrogen and oxygen atoms in total. The van der Waals surface area contributed by atoms with E-state index >= 15 is 0 Å². The summed E-state index contributed by atoms with van der Waals surface area (Å²) in [6, 6.07) is 0. The lowest BCUT2D eigenvalue weighted by Crippen LogP contribution is -2.49. The van der Waals surface area contributed by atoms with Gasteiger partial charge in [0.25, 0.3) is 0 Å². The zero-order valence-corrected chi connectivity index (χ0v) is 13.2. The Morgan fingerprint density at radius 2 is 1.85 bits per heavy atom. The molecule has 20 heavy (non-hydrogen) atoms. The van der Waals surface area contributed by atoms with Gasteiger partial charge >= 0.3 is 0 Å². The first kappa shape index (κ1) is 13.4. The Labute approximate surface area is 123 Å². The normalized spacial score (nSPS) is 54.6. The number of aliphatic hydroxyl groups is 1. The molecule has 1 heteroatoms. The van der Waals surface area contributed by atoms with E-state index in [0.717, 1.165) is 24.2 Å². The van der Waals surface area contributed by atoms with Crippen molar-refractivity contribution < 1.29 is 5.11 Å². The van der Waals surface area contributed by atoms with Crippen LogP contribution in [0.1, 0.15) is 71.6 Å². The Hall–Kier alpha value is -0.300. The maximum Gasteiger partial charge on any atom is 0.0724 e. The van der Waals surface area contributed by atoms with E-state index < -0.39 is 0 Å². The summed E-state index contributed by atoms with van der Waals surface area (Å²) in [6.45, 7) is 5.11. The second-order valence-corrected chi connectivity index (χ2v) is 8.72. The van der Waals surface area contributed by atoms with E-state index in [1.54, 1.807) is 5.57 Å². The number of hydrogen-bond donors (Lipinski definition) is 1. The number of rotatable bonds is 0. The molecule has 0 amide bonds. The summed E-state index contributed by atoms with van der Waals surface area (Å²) in [5.74, 6) is 2.89. The van der Waals surface area contributed by atoms with Crippen molar-refractivity contribution in [3.05, 3.63) is 11.6 Å². The van der Waals surface area contributed by atoms with Gasteiger partial charge in [-0.1, -0.05) is 31.9 Å². The average Bonchev–Trinajstić information content (AvgIpc) is 2.81. The zero-order chi connectivity index (χ0) is 14.0. The van der Waals surface area contributed by atoms with Crippen LogP contribution in [-0.2, 0) is 0 Å². The van der Waals surface area contributed by atoms with Gasteiger partial charge in [-0.3, -0.25) is 0 Å². The summed E-state index contributed by atoms with van der Waals surface area (Å²) in [5.41, 5.74) is 2.71. The molecule has 0 unspecified atom stereocenters. The van der Waals surface area contributed by atoms with Crippen molar-refractivity contribution in [2.45, 2.75) is 77.7 Å². The van der Waals surface area contributed by atoms with E-state index in [0.29, 0.717) is 10.8 Å². The highest BCUT2D eigenvalue weighted by Gasteiger charge is 2.55. The predicted molar refractivity (Wildman–Crippen MR) is 82.3 cm³/mol. The maximum atomic E-state index is 9.97. The lowest BCUT2D eigenvalue weighted by atomic mass is 9.47. The van der Waals surface area contributed by atoms with Crippen LogP contribution in [0, 0.1) is 28.6 Å². The van der Waals surface area contributed by atoms with E-state index in [9.17, 15) is 5.11 Å². The molecule has 1 N–H and O–H groups in total. The molecule has 112 valence electrons. The Balaban J connectivity index is 1.68. The Morgan fingerprint density at radius 3 is 2.70 bits per heavy atom. The van der Waals surface area contributed by atoms with E-state index in [1.165, 1.54) is 51.4 Å². The van der Waals surface area contributed by atoms with Crippen LogP contribution < -0.4 is 0 Å². The predicted octanol–water partition coefficient (Wildman–Crippen LogP) is 4.70. The van der Waals surface area contributed by atoms with E-state index in [-0.39, 0.29) is 6.10 Å². The monoisotopic (exact) mass is 274 g/mol. The third kappa shape index (κ3) is 1.71. The molecule has 0 aromatic heterocycles. The minimum Gasteiger partial charge on any atom is -0.389 e. The summed E-state index contributed by atoms with van der Waals surface area (Å²) < 4.78 is 0. The van der Waals surface area contributed by atoms with Gasteiger partial charge in [0.1, 0.15) is 0 Å². The fraction of sp³-hybridized carbons (Fsp3) is 0.895. The molecule has 0 saturated heterocycles. The van der Waals surface area contributed by atoms with Crippen LogP contribution in [0.5, 0.6) is 0 Å². The molecule has 0 radical (unpaired) electrons. The number of aliphatic hydroxyl groups excluding tert-OH is 1. The summed E-state index contributed by atoms with van der Waals surface area (Å²) in [5, 5.41) is 9.97. The van der Waals surface area contributed by atoms with Crippen LogP contribution in [0.25, 0.3) is 0 Å². The van der Waals surface area contributed by atoms with Gasteiger partial charge in [0, 0.05) is 0 Å². The Morgan fingerprint density at radius 1 is 1.00 bits per heavy atom. The van der Waals surface area contributed by atoms with Gasteiger partial charge < -0.3 is 5.11 Å². The third-order valence-electron chi connectivity index (χ3n) is 7.87. The van der Waals surface area contributed by atoms with Crippen LogP contribution in [-0.4, -0.2) is 11.2 Å². The number of fused-ring (bicyclic) bond motifs is 5. The molecule has 4 aliphatic carbocycles. The van der Waals surface area contributed by atoms with Gasteiger partial charge in [-0.2, -0.15) is 0 Å². The molecular weight excluding hydrogens is 244 g/mol. The van der Waals surface area contributed by atoms with Crippen LogP contribution in [0.15, 0.2) is 11.6 Å². The van der Waals surface area contributed by atoms with Crippen LogP contribution >= 0.6 is 0 Å². The smallest absolute Gasteiger partial charge is 0.0724 e. The number of allylic oxidation sites excluding steroid dienone is 1. The molecule has 0 heterocycles. The first-order valence-corrected chi connectivity index (χ1v) is 8.92. The van der Waals surface area contributed by atoms with Crippen molar-refractivity contribution in [2.75, 3.05) is 0 Å². The first-order chi connectivity index (χ1) is 9.53. The first-order valence-electron chi connectivity index (χ1n) is 8.92. The molecular formula is C19H30O. The fourth-order valence-electron chi connectivity index (χ4n) is 6.70. The molecule has 0 aromatic carbocycles. The quantitative estimate of drug-likeness (QED) is 0.635. The van der Waals surface area contributed by atoms with Gasteiger partial charge in [0.05, 0.1) is 6.10 Å². The summed E-state index contributed by atoms with van der Waals surface area (Å²) in [7, 11) is 0. The van der Waals surface area contributed by atoms with Crippen molar-refractivity contribution in [1.29, 1.82) is 0 Å². The standard InChI is InChI=1S/C19H30O/c1-18-9-3-4-16(18)15-6-5-13-12-14(20)7-11-19(13,2)17(15)8-10-18/h12,14-17,20H,3-11H2,1-2H3/t14-,15+,16+,17+,18-,19-/m0/s1. The number of hydrogen-bond acceptors (Lipinski definition) is 1. The maximum absolute atomic E-state index is 9.97. The zero-order valence-electron chi connectivity index (χ0n) is 13.2. The largest absolute Gasteiger partial charge is 0.389 e. The molecule has 3 saturated carbocycles. The van der Waals surface area contributed by atoms with E-state index in [1.807, 2.05) is 0 Å². The molecule has 0 aliphatic heterocycles. The van der Waals surface area contributed by atoms with Crippen LogP contribution in [0.4, 0.5) is 0 Å². The summed E-state index contributed by atoms with van der Waals surface area (Å²) in [4.78, 5) is 0. The molecule has 3 fully saturated rings. The highest BCUT2D eigenvalue weighted by molar-refractivity contribution is 5.25. The molecule has 4 rings (SSSR count). The summed E-state index contributed by atoms with van der Waals surface area (Å²) >= 11 is 0. The van der Waals surface area contributed by atoms with Crippen molar-refractivity contribution in [3.8, 4) is 0 Å². The van der Waals surface area contributed by atoms with Crippen molar-refractivity contribution in [2.24, 2.45) is 28.6 Å². The van der Waals surface area contributed by atoms with E-state index in [2.05, 4.69) is 19.9 Å². The van der Waals surface area contributed by atoms with Crippen molar-refractivity contribution in [3.63, 3.8) is 0 Å². The minimum atomic E-state index is -0.157. The van der Waals surface area contributed by atoms with Gasteiger partial charge in [0.15, 0.2) is 0 Å². The Bertz CT molecular complexity index is 439. The lowest BCUT2D eigenvalue weighted by Gasteiger charge is -2.57. The lowest BCUT2D eigenvalue weighted by molar-refractivity contribution is -0.0411. The van der Waals surface area contributed by atoms with E-state index in [4.69, 9.17) is 0 Å². The van der Waals surface area contributed by atoms with Gasteiger partial charge in [0.2, 0.25) is 0 Å². The van der Waals surface area contributed by atoms with Gasteiger partial charge in [-0.15, -0.1) is 0 Å². The molecule has 0 spiro atoms. The second-order valence-electron chi connectivity index (χ2n) is 8.72. The highest BCUT2D eigenvalue weighted by Crippen LogP contribution is 2.65. The van der Waals surface area contributed by atoms with Crippen molar-refractivity contribution in [1.82, 2.24) is 0 Å². The topological polar surface area (TPSA) is 20.2 Å². The molecule has 0 aromatic rings. The Kier molecular flexibility index (Phi) is 2.91. The van der Waals surface area contributed by atoms with Gasteiger partial charge in [-0.25, -0.2) is 0 Å². The molecule has 6 atom stereocenters. The summed E-state index contributed by atoms with van der Waals surface area (Å²) in [6.07, 6.45) is 14.3. The fourth-order valence-corrected chi connectivity index (χ4v) is 6.70. The van der Waals surface area contributed by atoms with Gasteiger partial charge in [-0.05, 0) is 80.0 Å². The molecule has 4 aliphatic rings. The third-order valence-corrected chi connectivity index (χ3v) is 7.87. The second kappa shape index (κ2) is 4.35. The van der Waals surface area contributed by atoms with Crippen LogP contribution in [0.3, 0.4) is 0 Å². The SMILES string of the molecule is C[C@@]12CCC[C@@H]1[C@H]1CCC3=C[C@@H](O)CC[C@]3(C)[C@@H]1CC2. The molecule has 0 bridgehead atoms.